The Morgan fingerprint density at radius 3 is 0.893 bits per heavy atom. The van der Waals surface area contributed by atoms with Gasteiger partial charge in [-0.2, -0.15) is 19.9 Å². The number of carbonyl (C=O) groups is 12. The van der Waals surface area contributed by atoms with Gasteiger partial charge in [0.25, 0.3) is 16.7 Å². The van der Waals surface area contributed by atoms with Crippen molar-refractivity contribution in [3.8, 4) is 0 Å². The summed E-state index contributed by atoms with van der Waals surface area (Å²) in [5, 5.41) is 13.0. The molecule has 12 amide bonds. The van der Waals surface area contributed by atoms with E-state index in [1.54, 1.807) is 0 Å². The first-order chi connectivity index (χ1) is 58.4. The Labute approximate surface area is 681 Å². The Morgan fingerprint density at radius 2 is 0.607 bits per heavy atom. The number of H-pyrrole nitrogens is 3. The third-order valence-corrected chi connectivity index (χ3v) is 18.1. The maximum atomic E-state index is 14.4. The molecule has 0 bridgehead atoms. The molecule has 57 nitrogen and oxygen atoms in total. The monoisotopic (exact) mass is 1690 g/mol. The van der Waals surface area contributed by atoms with Crippen LogP contribution in [0.15, 0.2) is 75.7 Å². The van der Waals surface area contributed by atoms with Crippen molar-refractivity contribution in [3.63, 3.8) is 0 Å². The Hall–Kier alpha value is -16.6. The SMILES string of the molecule is NCCN(CC(=O)NCCN(CC(=O)NCCN(CC(=O)NCCN(CC(=O)NCCN(CC(=O)NCCN(CC(N)=O)C(=O)Cn1cnc2c(=O)[nH]c(N)nc21)C(=O)Cn1cnc2c(N)ncnc21)C(=O)Cn1ccc(N)nc1=O)C(=O)Cn1cnc2c(=O)[nH]c(N)nc21)C(=O)Cn1cnc2c(=O)[nH]c(N)nc21)C(=O)Cn1cnc2c(N)ncnc21. The lowest BCUT2D eigenvalue weighted by Crippen LogP contribution is -2.50. The second-order valence-electron chi connectivity index (χ2n) is 26.8. The van der Waals surface area contributed by atoms with Gasteiger partial charge in [-0.15, -0.1) is 0 Å². The van der Waals surface area contributed by atoms with E-state index in [0.29, 0.717) is 0 Å². The van der Waals surface area contributed by atoms with Crippen LogP contribution in [0.5, 0.6) is 0 Å². The molecule has 0 fully saturated rings. The number of imidazole rings is 5. The summed E-state index contributed by atoms with van der Waals surface area (Å²) in [5.41, 5.74) is 43.2. The normalized spacial score (nSPS) is 11.2. The molecule has 11 aromatic rings. The number of hydrogen-bond donors (Lipinski definition) is 16. The highest BCUT2D eigenvalue weighted by atomic mass is 16.2. The topological polar surface area (TPSA) is 805 Å². The van der Waals surface area contributed by atoms with Crippen molar-refractivity contribution in [3.05, 3.63) is 98.1 Å². The molecule has 57 heteroatoms. The number of aromatic amines is 3. The van der Waals surface area contributed by atoms with Crippen LogP contribution in [-0.4, -0.2) is 325 Å². The van der Waals surface area contributed by atoms with E-state index in [2.05, 4.69) is 106 Å². The summed E-state index contributed by atoms with van der Waals surface area (Å²) in [6, 6.07) is 1.23. The van der Waals surface area contributed by atoms with Crippen LogP contribution < -0.4 is 94.8 Å². The van der Waals surface area contributed by atoms with Crippen molar-refractivity contribution < 1.29 is 57.5 Å². The van der Waals surface area contributed by atoms with Gasteiger partial charge in [-0.1, -0.05) is 0 Å². The molecule has 122 heavy (non-hydrogen) atoms. The standard InChI is InChI=1S/C65H81N41O16/c66-2-9-95(42(114)22-102-29-83-47-52(69)79-27-81-54(47)102)16-36(108)75-5-13-99(45(117)25-105-32-86-50-57(105)90-63(72)93-60(50)120)20-40(112)78-7-14-100(46(118)26-106-33-87-51-58(106)91-64(73)94-61(51)121)19-39(111)76-4-11-97(41(113)21-101-8-1-34(67)88-65(101)122)17-37(109)77-6-12-98(44(116)23-103-30-84-48-53(70)80-28-82-55(48)103)18-38(110)74-3-10-96(15-35(68)107)43(115)24-104-31-85-49-56(104)89-62(71)92-59(49)119/h1,8,27-33H,2-7,9-26,66H2,(H2,68,107)(H,74,110)(H,75,108)(H,76,111)(H,77,109)(H,78,112)(H2,67,88,122)(H2,69,79,81)(H2,70,80,82)(H3,71,89,92,119)(H3,72,90,93,120)(H3,73,91,94,121). The molecule has 24 N–H and O–H groups in total. The molecular formula is C65H81N41O16. The number of amides is 12. The fourth-order valence-electron chi connectivity index (χ4n) is 12.2. The highest BCUT2D eigenvalue weighted by Crippen LogP contribution is 2.18. The number of aromatic nitrogens is 22. The molecule has 0 unspecified atom stereocenters. The van der Waals surface area contributed by atoms with E-state index in [1.165, 1.54) is 54.4 Å². The summed E-state index contributed by atoms with van der Waals surface area (Å²) in [4.78, 5) is 282. The first-order valence-corrected chi connectivity index (χ1v) is 36.6. The zero-order chi connectivity index (χ0) is 87.6. The number of nitrogen functional groups attached to an aromatic ring is 6. The average Bonchev–Trinajstić information content (AvgIpc) is 1.67. The smallest absolute Gasteiger partial charge is 0.349 e. The summed E-state index contributed by atoms with van der Waals surface area (Å²) < 4.78 is 7.18. The Morgan fingerprint density at radius 1 is 0.336 bits per heavy atom. The van der Waals surface area contributed by atoms with E-state index in [9.17, 15) is 76.7 Å². The van der Waals surface area contributed by atoms with Crippen LogP contribution in [0.1, 0.15) is 0 Å². The summed E-state index contributed by atoms with van der Waals surface area (Å²) >= 11 is 0. The van der Waals surface area contributed by atoms with Gasteiger partial charge >= 0.3 is 5.69 Å². The first-order valence-electron chi connectivity index (χ1n) is 36.6. The quantitative estimate of drug-likeness (QED) is 0.0169. The van der Waals surface area contributed by atoms with Gasteiger partial charge in [-0.25, -0.2) is 49.7 Å². The minimum absolute atomic E-state index is 0.00294. The van der Waals surface area contributed by atoms with Gasteiger partial charge in [0, 0.05) is 84.7 Å². The number of fused-ring (bicyclic) bond motifs is 5. The average molecular weight is 1690 g/mol. The molecule has 0 radical (unpaired) electrons. The Bertz CT molecular complexity index is 6090. The molecule has 0 saturated carbocycles. The highest BCUT2D eigenvalue weighted by Gasteiger charge is 2.29. The van der Waals surface area contributed by atoms with E-state index in [4.69, 9.17) is 45.9 Å². The number of nitrogens with one attached hydrogen (secondary N) is 8. The van der Waals surface area contributed by atoms with E-state index >= 15 is 0 Å². The van der Waals surface area contributed by atoms with Crippen LogP contribution in [0.3, 0.4) is 0 Å². The van der Waals surface area contributed by atoms with Crippen LogP contribution in [0.2, 0.25) is 0 Å². The third kappa shape index (κ3) is 21.9. The third-order valence-electron chi connectivity index (χ3n) is 18.1. The molecule has 11 rings (SSSR count). The number of primary amides is 1. The van der Waals surface area contributed by atoms with Crippen molar-refractivity contribution in [2.45, 2.75) is 39.3 Å². The second kappa shape index (κ2) is 38.9. The zero-order valence-electron chi connectivity index (χ0n) is 64.5. The summed E-state index contributed by atoms with van der Waals surface area (Å²) in [6.07, 6.45) is 9.50. The van der Waals surface area contributed by atoms with Crippen molar-refractivity contribution in [1.82, 2.24) is 163 Å². The fraction of sp³-hybridized carbons (Fsp3) is 0.369. The molecule has 0 aliphatic heterocycles. The van der Waals surface area contributed by atoms with Gasteiger partial charge in [0.1, 0.15) is 68.8 Å². The van der Waals surface area contributed by atoms with Crippen molar-refractivity contribution in [2.24, 2.45) is 11.5 Å². The molecular weight excluding hydrogens is 1610 g/mol. The first kappa shape index (κ1) is 86.3. The molecule has 0 spiro atoms. The molecule has 0 aliphatic carbocycles. The molecule has 0 aromatic carbocycles. The molecule has 0 saturated heterocycles. The predicted molar refractivity (Wildman–Crippen MR) is 423 cm³/mol. The van der Waals surface area contributed by atoms with Gasteiger partial charge in [-0.05, 0) is 6.07 Å². The number of nitrogens with zero attached hydrogens (tertiary/aromatic N) is 25. The minimum atomic E-state index is -0.949. The fourth-order valence-corrected chi connectivity index (χ4v) is 12.2. The van der Waals surface area contributed by atoms with Gasteiger partial charge in [0.15, 0.2) is 56.4 Å². The van der Waals surface area contributed by atoms with Gasteiger partial charge in [0.05, 0.1) is 70.9 Å². The molecule has 0 atom stereocenters. The van der Waals surface area contributed by atoms with Crippen molar-refractivity contribution >= 4 is 162 Å². The molecule has 11 aromatic heterocycles. The van der Waals surface area contributed by atoms with Crippen LogP contribution in [0.25, 0.3) is 55.8 Å². The van der Waals surface area contributed by atoms with E-state index in [-0.39, 0.29) is 137 Å². The maximum absolute atomic E-state index is 14.4. The number of hydrogen-bond acceptors (Lipinski definition) is 36. The second-order valence-corrected chi connectivity index (χ2v) is 26.8. The number of nitrogens with two attached hydrogens (primary N) is 8. The van der Waals surface area contributed by atoms with Gasteiger partial charge in [-0.3, -0.25) is 91.4 Å². The van der Waals surface area contributed by atoms with E-state index in [0.717, 1.165) is 58.9 Å². The van der Waals surface area contributed by atoms with Crippen molar-refractivity contribution in [1.29, 1.82) is 0 Å². The Kier molecular flexibility index (Phi) is 27.5. The number of anilines is 6. The van der Waals surface area contributed by atoms with E-state index < -0.39 is 205 Å². The van der Waals surface area contributed by atoms with Crippen molar-refractivity contribution in [2.75, 3.05) is 152 Å². The van der Waals surface area contributed by atoms with Crippen LogP contribution >= 0.6 is 0 Å². The number of rotatable bonds is 41. The molecule has 11 heterocycles. The van der Waals surface area contributed by atoms with Crippen LogP contribution in [-0.2, 0) is 96.8 Å². The summed E-state index contributed by atoms with van der Waals surface area (Å²) in [7, 11) is 0. The predicted octanol–water partition coefficient (Wildman–Crippen LogP) is -13.2. The lowest BCUT2D eigenvalue weighted by atomic mass is 10.3. The Balaban J connectivity index is 0.744. The number of carbonyl (C=O) groups excluding carboxylic acids is 12. The lowest BCUT2D eigenvalue weighted by Gasteiger charge is -2.26. The summed E-state index contributed by atoms with van der Waals surface area (Å²) in [5.74, 6) is -10.5. The van der Waals surface area contributed by atoms with Crippen LogP contribution in [0, 0.1) is 0 Å². The summed E-state index contributed by atoms with van der Waals surface area (Å²) in [6.45, 7) is -11.3. The maximum Gasteiger partial charge on any atom is 0.349 e. The minimum Gasteiger partial charge on any atom is -0.383 e. The van der Waals surface area contributed by atoms with Gasteiger partial charge < -0.3 is 125 Å². The zero-order valence-corrected chi connectivity index (χ0v) is 64.5. The molecule has 642 valence electrons. The highest BCUT2D eigenvalue weighted by molar-refractivity contribution is 5.91. The van der Waals surface area contributed by atoms with E-state index in [1.807, 2.05) is 0 Å². The molecule has 0 aliphatic rings. The van der Waals surface area contributed by atoms with Gasteiger partial charge in [0.2, 0.25) is 88.7 Å². The largest absolute Gasteiger partial charge is 0.383 e. The van der Waals surface area contributed by atoms with Crippen LogP contribution in [0.4, 0.5) is 35.3 Å². The lowest BCUT2D eigenvalue weighted by molar-refractivity contribution is -0.138.